The second-order valence-electron chi connectivity index (χ2n) is 6.89. The van der Waals surface area contributed by atoms with Gasteiger partial charge in [0, 0.05) is 33.4 Å². The molecule has 0 aliphatic rings. The van der Waals surface area contributed by atoms with Crippen molar-refractivity contribution >= 4 is 51.5 Å². The molecule has 0 aliphatic carbocycles. The van der Waals surface area contributed by atoms with Gasteiger partial charge in [-0.05, 0) is 55.5 Å². The highest BCUT2D eigenvalue weighted by Crippen LogP contribution is 2.33. The zero-order valence-electron chi connectivity index (χ0n) is 17.0. The number of rotatable bonds is 5. The monoisotopic (exact) mass is 469 g/mol. The van der Waals surface area contributed by atoms with Crippen LogP contribution < -0.4 is 15.4 Å². The van der Waals surface area contributed by atoms with E-state index in [9.17, 15) is 9.18 Å². The van der Waals surface area contributed by atoms with Crippen molar-refractivity contribution in [3.63, 3.8) is 0 Å². The molecule has 4 aromatic rings. The summed E-state index contributed by atoms with van der Waals surface area (Å²) in [5, 5.41) is 6.67. The number of pyridine rings is 1. The number of amides is 2. The number of anilines is 2. The summed E-state index contributed by atoms with van der Waals surface area (Å²) in [5.41, 5.74) is 3.23. The smallest absolute Gasteiger partial charge is 0.323 e. The maximum Gasteiger partial charge on any atom is 0.323 e. The third kappa shape index (κ3) is 4.93. The minimum atomic E-state index is -0.555. The zero-order valence-corrected chi connectivity index (χ0v) is 18.5. The van der Waals surface area contributed by atoms with Crippen LogP contribution in [0, 0.1) is 5.82 Å². The lowest BCUT2D eigenvalue weighted by atomic mass is 10.1. The number of benzene rings is 3. The van der Waals surface area contributed by atoms with Crippen LogP contribution >= 0.6 is 23.2 Å². The predicted molar refractivity (Wildman–Crippen MR) is 127 cm³/mol. The van der Waals surface area contributed by atoms with E-state index in [-0.39, 0.29) is 5.02 Å². The molecule has 4 rings (SSSR count). The molecule has 5 nitrogen and oxygen atoms in total. The molecule has 0 saturated carbocycles. The number of aromatic nitrogens is 1. The van der Waals surface area contributed by atoms with Crippen molar-refractivity contribution < 1.29 is 13.9 Å². The van der Waals surface area contributed by atoms with Crippen LogP contribution in [0.4, 0.5) is 20.6 Å². The predicted octanol–water partition coefficient (Wildman–Crippen LogP) is 7.39. The Hall–Kier alpha value is -3.35. The topological polar surface area (TPSA) is 63.2 Å². The molecule has 32 heavy (non-hydrogen) atoms. The molecule has 1 heterocycles. The number of nitrogens with one attached hydrogen (secondary N) is 2. The van der Waals surface area contributed by atoms with Crippen molar-refractivity contribution in [1.82, 2.24) is 4.98 Å². The number of nitrogens with zero attached hydrogens (tertiary/aromatic N) is 1. The SMILES string of the molecule is CCOc1cc(-c2cccc(Cl)c2)nc2ccc(NC(=O)Nc3ccc(F)c(Cl)c3)cc12. The van der Waals surface area contributed by atoms with Gasteiger partial charge in [-0.1, -0.05) is 35.3 Å². The zero-order chi connectivity index (χ0) is 22.7. The average molecular weight is 470 g/mol. The van der Waals surface area contributed by atoms with Gasteiger partial charge in [-0.3, -0.25) is 0 Å². The highest BCUT2D eigenvalue weighted by molar-refractivity contribution is 6.31. The molecule has 1 aromatic heterocycles. The van der Waals surface area contributed by atoms with Gasteiger partial charge in [0.15, 0.2) is 0 Å². The molecule has 8 heteroatoms. The number of ether oxygens (including phenoxy) is 1. The summed E-state index contributed by atoms with van der Waals surface area (Å²) in [6.07, 6.45) is 0. The van der Waals surface area contributed by atoms with Crippen molar-refractivity contribution in [3.8, 4) is 17.0 Å². The summed E-state index contributed by atoms with van der Waals surface area (Å²) in [5.74, 6) is 0.0853. The first-order chi connectivity index (χ1) is 15.4. The van der Waals surface area contributed by atoms with Gasteiger partial charge in [-0.25, -0.2) is 14.2 Å². The first kappa shape index (κ1) is 21.9. The maximum absolute atomic E-state index is 13.3. The Morgan fingerprint density at radius 1 is 1.00 bits per heavy atom. The Kier molecular flexibility index (Phi) is 6.44. The summed E-state index contributed by atoms with van der Waals surface area (Å²) in [4.78, 5) is 17.1. The molecule has 0 bridgehead atoms. The van der Waals surface area contributed by atoms with Gasteiger partial charge in [0.05, 0.1) is 22.8 Å². The quantitative estimate of drug-likeness (QED) is 0.320. The van der Waals surface area contributed by atoms with Crippen molar-refractivity contribution in [3.05, 3.63) is 82.6 Å². The number of carbonyl (C=O) groups is 1. The minimum absolute atomic E-state index is 0.0727. The van der Waals surface area contributed by atoms with Crippen molar-refractivity contribution in [2.24, 2.45) is 0 Å². The number of hydrogen-bond donors (Lipinski definition) is 2. The molecule has 3 aromatic carbocycles. The minimum Gasteiger partial charge on any atom is -0.493 e. The molecule has 0 unspecified atom stereocenters. The highest BCUT2D eigenvalue weighted by Gasteiger charge is 2.12. The third-order valence-corrected chi connectivity index (χ3v) is 5.15. The molecule has 0 spiro atoms. The average Bonchev–Trinajstić information content (AvgIpc) is 2.76. The Labute approximate surface area is 194 Å². The van der Waals surface area contributed by atoms with E-state index in [1.165, 1.54) is 18.2 Å². The first-order valence-electron chi connectivity index (χ1n) is 9.79. The van der Waals surface area contributed by atoms with Gasteiger partial charge in [0.1, 0.15) is 11.6 Å². The summed E-state index contributed by atoms with van der Waals surface area (Å²) in [6, 6.07) is 18.1. The van der Waals surface area contributed by atoms with Crippen LogP contribution in [-0.2, 0) is 0 Å². The molecular weight excluding hydrogens is 452 g/mol. The maximum atomic E-state index is 13.3. The molecule has 0 radical (unpaired) electrons. The Bertz CT molecular complexity index is 1310. The molecule has 2 N–H and O–H groups in total. The van der Waals surface area contributed by atoms with Crippen molar-refractivity contribution in [2.75, 3.05) is 17.2 Å². The van der Waals surface area contributed by atoms with Gasteiger partial charge < -0.3 is 15.4 Å². The van der Waals surface area contributed by atoms with E-state index in [1.54, 1.807) is 24.3 Å². The number of halogens is 3. The van der Waals surface area contributed by atoms with Gasteiger partial charge in [0.25, 0.3) is 0 Å². The number of carbonyl (C=O) groups excluding carboxylic acids is 1. The van der Waals surface area contributed by atoms with Crippen LogP contribution in [0.25, 0.3) is 22.2 Å². The van der Waals surface area contributed by atoms with E-state index >= 15 is 0 Å². The third-order valence-electron chi connectivity index (χ3n) is 4.63. The lowest BCUT2D eigenvalue weighted by Gasteiger charge is -2.13. The normalized spacial score (nSPS) is 10.8. The summed E-state index contributed by atoms with van der Waals surface area (Å²) >= 11 is 11.9. The fraction of sp³-hybridized carbons (Fsp3) is 0.0833. The van der Waals surface area contributed by atoms with E-state index in [0.29, 0.717) is 34.3 Å². The van der Waals surface area contributed by atoms with Crippen LogP contribution in [-0.4, -0.2) is 17.6 Å². The largest absolute Gasteiger partial charge is 0.493 e. The van der Waals surface area contributed by atoms with E-state index in [0.717, 1.165) is 16.6 Å². The van der Waals surface area contributed by atoms with E-state index in [4.69, 9.17) is 32.9 Å². The van der Waals surface area contributed by atoms with Gasteiger partial charge in [-0.15, -0.1) is 0 Å². The van der Waals surface area contributed by atoms with Gasteiger partial charge in [0.2, 0.25) is 0 Å². The molecule has 162 valence electrons. The Morgan fingerprint density at radius 3 is 2.47 bits per heavy atom. The molecule has 0 fully saturated rings. The van der Waals surface area contributed by atoms with Crippen molar-refractivity contribution in [1.29, 1.82) is 0 Å². The molecule has 0 saturated heterocycles. The fourth-order valence-electron chi connectivity index (χ4n) is 3.21. The van der Waals surface area contributed by atoms with Crippen molar-refractivity contribution in [2.45, 2.75) is 6.92 Å². The van der Waals surface area contributed by atoms with Crippen LogP contribution in [0.3, 0.4) is 0 Å². The Balaban J connectivity index is 1.62. The second kappa shape index (κ2) is 9.42. The lowest BCUT2D eigenvalue weighted by molar-refractivity contribution is 0.262. The van der Waals surface area contributed by atoms with Gasteiger partial charge >= 0.3 is 6.03 Å². The highest BCUT2D eigenvalue weighted by atomic mass is 35.5. The molecular formula is C24H18Cl2FN3O2. The number of hydrogen-bond acceptors (Lipinski definition) is 3. The molecule has 0 aliphatic heterocycles. The summed E-state index contributed by atoms with van der Waals surface area (Å²) in [7, 11) is 0. The fourth-order valence-corrected chi connectivity index (χ4v) is 3.58. The van der Waals surface area contributed by atoms with E-state index in [2.05, 4.69) is 10.6 Å². The van der Waals surface area contributed by atoms with E-state index in [1.807, 2.05) is 31.2 Å². The van der Waals surface area contributed by atoms with E-state index < -0.39 is 11.8 Å². The summed E-state index contributed by atoms with van der Waals surface area (Å²) < 4.78 is 19.1. The number of urea groups is 1. The first-order valence-corrected chi connectivity index (χ1v) is 10.5. The Morgan fingerprint density at radius 2 is 1.75 bits per heavy atom. The lowest BCUT2D eigenvalue weighted by Crippen LogP contribution is -2.19. The van der Waals surface area contributed by atoms with Crippen LogP contribution in [0.5, 0.6) is 5.75 Å². The van der Waals surface area contributed by atoms with Crippen LogP contribution in [0.15, 0.2) is 66.7 Å². The second-order valence-corrected chi connectivity index (χ2v) is 7.73. The number of fused-ring (bicyclic) bond motifs is 1. The standard InChI is InChI=1S/C24H18Cl2FN3O2/c1-2-32-23-13-22(14-4-3-5-15(25)10-14)30-21-9-7-16(11-18(21)23)28-24(31)29-17-6-8-20(27)19(26)12-17/h3-13H,2H2,1H3,(H2,28,29,31). The molecule has 0 atom stereocenters. The summed E-state index contributed by atoms with van der Waals surface area (Å²) in [6.45, 7) is 2.37. The van der Waals surface area contributed by atoms with Gasteiger partial charge in [-0.2, -0.15) is 0 Å². The van der Waals surface area contributed by atoms with Crippen LogP contribution in [0.1, 0.15) is 6.92 Å². The molecule has 2 amide bonds. The van der Waals surface area contributed by atoms with Crippen LogP contribution in [0.2, 0.25) is 10.0 Å².